The van der Waals surface area contributed by atoms with Crippen molar-refractivity contribution in [3.8, 4) is 5.75 Å². The summed E-state index contributed by atoms with van der Waals surface area (Å²) in [5, 5.41) is 12.6. The van der Waals surface area contributed by atoms with Gasteiger partial charge in [0.05, 0.1) is 13.2 Å². The van der Waals surface area contributed by atoms with E-state index in [0.717, 1.165) is 34.9 Å². The molecule has 0 bridgehead atoms. The minimum Gasteiger partial charge on any atom is -0.497 e. The van der Waals surface area contributed by atoms with Crippen molar-refractivity contribution >= 4 is 10.8 Å². The first-order valence-electron chi connectivity index (χ1n) is 6.91. The van der Waals surface area contributed by atoms with Crippen LogP contribution in [0.5, 0.6) is 5.75 Å². The van der Waals surface area contributed by atoms with Crippen LogP contribution in [0.3, 0.4) is 0 Å². The fourth-order valence-electron chi connectivity index (χ4n) is 2.49. The predicted octanol–water partition coefficient (Wildman–Crippen LogP) is 4.32. The lowest BCUT2D eigenvalue weighted by atomic mass is 9.92. The van der Waals surface area contributed by atoms with E-state index in [4.69, 9.17) is 4.74 Å². The summed E-state index contributed by atoms with van der Waals surface area (Å²) in [6.45, 7) is 4.25. The Hall–Kier alpha value is -1.54. The number of ether oxygens (including phenoxy) is 1. The van der Waals surface area contributed by atoms with E-state index in [-0.39, 0.29) is 6.10 Å². The predicted molar refractivity (Wildman–Crippen MR) is 79.5 cm³/mol. The van der Waals surface area contributed by atoms with Crippen LogP contribution < -0.4 is 4.74 Å². The number of methoxy groups -OCH3 is 1. The quantitative estimate of drug-likeness (QED) is 0.865. The van der Waals surface area contributed by atoms with Gasteiger partial charge in [0.15, 0.2) is 0 Å². The molecule has 2 aromatic rings. The lowest BCUT2D eigenvalue weighted by molar-refractivity contribution is 0.112. The Morgan fingerprint density at radius 3 is 2.47 bits per heavy atom. The van der Waals surface area contributed by atoms with Gasteiger partial charge in [0, 0.05) is 0 Å². The minimum absolute atomic E-state index is 0.292. The Kier molecular flexibility index (Phi) is 4.43. The molecule has 0 fully saturated rings. The average molecular weight is 258 g/mol. The second-order valence-corrected chi connectivity index (χ2v) is 5.18. The van der Waals surface area contributed by atoms with Crippen molar-refractivity contribution in [1.29, 1.82) is 0 Å². The molecule has 2 atom stereocenters. The molecule has 0 saturated carbocycles. The van der Waals surface area contributed by atoms with Crippen LogP contribution in [0, 0.1) is 5.92 Å². The van der Waals surface area contributed by atoms with Crippen molar-refractivity contribution in [2.24, 2.45) is 5.92 Å². The molecule has 0 radical (unpaired) electrons. The van der Waals surface area contributed by atoms with Crippen LogP contribution in [-0.2, 0) is 0 Å². The van der Waals surface area contributed by atoms with Crippen LogP contribution in [0.4, 0.5) is 0 Å². The SMILES string of the molecule is CCCC(C)C(O)c1ccc2cc(OC)ccc2c1. The van der Waals surface area contributed by atoms with Crippen molar-refractivity contribution in [2.45, 2.75) is 32.8 Å². The Labute approximate surface area is 115 Å². The minimum atomic E-state index is -0.383. The molecule has 0 amide bonds. The van der Waals surface area contributed by atoms with Gasteiger partial charge in [0.25, 0.3) is 0 Å². The molecule has 0 aliphatic carbocycles. The molecular formula is C17H22O2. The van der Waals surface area contributed by atoms with E-state index in [2.05, 4.69) is 26.0 Å². The molecule has 2 heteroatoms. The number of hydrogen-bond acceptors (Lipinski definition) is 2. The maximum Gasteiger partial charge on any atom is 0.119 e. The molecular weight excluding hydrogens is 236 g/mol. The molecule has 0 aromatic heterocycles. The highest BCUT2D eigenvalue weighted by atomic mass is 16.5. The fraction of sp³-hybridized carbons (Fsp3) is 0.412. The van der Waals surface area contributed by atoms with E-state index in [1.54, 1.807) is 7.11 Å². The molecule has 0 spiro atoms. The maximum atomic E-state index is 10.4. The van der Waals surface area contributed by atoms with Gasteiger partial charge in [-0.1, -0.05) is 38.5 Å². The van der Waals surface area contributed by atoms with Crippen LogP contribution in [0.25, 0.3) is 10.8 Å². The van der Waals surface area contributed by atoms with Crippen molar-refractivity contribution in [3.63, 3.8) is 0 Å². The van der Waals surface area contributed by atoms with Crippen LogP contribution >= 0.6 is 0 Å². The molecule has 0 saturated heterocycles. The third-order valence-corrected chi connectivity index (χ3v) is 3.70. The molecule has 0 aliphatic rings. The zero-order valence-electron chi connectivity index (χ0n) is 11.9. The maximum absolute atomic E-state index is 10.4. The van der Waals surface area contributed by atoms with Gasteiger partial charge in [-0.05, 0) is 46.9 Å². The third kappa shape index (κ3) is 3.07. The number of aliphatic hydroxyl groups excluding tert-OH is 1. The van der Waals surface area contributed by atoms with E-state index in [1.807, 2.05) is 24.3 Å². The van der Waals surface area contributed by atoms with Gasteiger partial charge < -0.3 is 9.84 Å². The highest BCUT2D eigenvalue weighted by Crippen LogP contribution is 2.29. The summed E-state index contributed by atoms with van der Waals surface area (Å²) in [4.78, 5) is 0. The van der Waals surface area contributed by atoms with Gasteiger partial charge in [0.2, 0.25) is 0 Å². The molecule has 102 valence electrons. The number of rotatable bonds is 5. The lowest BCUT2D eigenvalue weighted by Crippen LogP contribution is -2.08. The van der Waals surface area contributed by atoms with Crippen molar-refractivity contribution in [2.75, 3.05) is 7.11 Å². The summed E-state index contributed by atoms with van der Waals surface area (Å²) >= 11 is 0. The molecule has 19 heavy (non-hydrogen) atoms. The molecule has 2 aromatic carbocycles. The van der Waals surface area contributed by atoms with Crippen molar-refractivity contribution in [1.82, 2.24) is 0 Å². The largest absolute Gasteiger partial charge is 0.497 e. The molecule has 2 rings (SSSR count). The molecule has 1 N–H and O–H groups in total. The second kappa shape index (κ2) is 6.07. The highest BCUT2D eigenvalue weighted by molar-refractivity contribution is 5.84. The lowest BCUT2D eigenvalue weighted by Gasteiger charge is -2.19. The first kappa shape index (κ1) is 13.9. The van der Waals surface area contributed by atoms with Crippen molar-refractivity contribution in [3.05, 3.63) is 42.0 Å². The van der Waals surface area contributed by atoms with Gasteiger partial charge in [-0.15, -0.1) is 0 Å². The Balaban J connectivity index is 2.31. The molecule has 0 heterocycles. The topological polar surface area (TPSA) is 29.5 Å². The summed E-state index contributed by atoms with van der Waals surface area (Å²) < 4.78 is 5.22. The second-order valence-electron chi connectivity index (χ2n) is 5.18. The number of fused-ring (bicyclic) bond motifs is 1. The average Bonchev–Trinajstić information content (AvgIpc) is 2.45. The monoisotopic (exact) mass is 258 g/mol. The van der Waals surface area contributed by atoms with Gasteiger partial charge in [-0.2, -0.15) is 0 Å². The van der Waals surface area contributed by atoms with Crippen molar-refractivity contribution < 1.29 is 9.84 Å². The summed E-state index contributed by atoms with van der Waals surface area (Å²) in [6, 6.07) is 12.1. The highest BCUT2D eigenvalue weighted by Gasteiger charge is 2.15. The molecule has 0 aliphatic heterocycles. The smallest absolute Gasteiger partial charge is 0.119 e. The van der Waals surface area contributed by atoms with Crippen LogP contribution in [0.2, 0.25) is 0 Å². The number of hydrogen-bond donors (Lipinski definition) is 1. The zero-order chi connectivity index (χ0) is 13.8. The Morgan fingerprint density at radius 2 is 1.79 bits per heavy atom. The van der Waals surface area contributed by atoms with Crippen LogP contribution in [0.1, 0.15) is 38.4 Å². The van der Waals surface area contributed by atoms with Gasteiger partial charge in [-0.3, -0.25) is 0 Å². The zero-order valence-corrected chi connectivity index (χ0v) is 11.9. The summed E-state index contributed by atoms with van der Waals surface area (Å²) in [5.74, 6) is 1.15. The van der Waals surface area contributed by atoms with E-state index in [0.29, 0.717) is 5.92 Å². The molecule has 2 unspecified atom stereocenters. The van der Waals surface area contributed by atoms with E-state index >= 15 is 0 Å². The van der Waals surface area contributed by atoms with Gasteiger partial charge in [-0.25, -0.2) is 0 Å². The summed E-state index contributed by atoms with van der Waals surface area (Å²) in [7, 11) is 1.67. The van der Waals surface area contributed by atoms with Gasteiger partial charge >= 0.3 is 0 Å². The standard InChI is InChI=1S/C17H22O2/c1-4-5-12(2)17(18)15-7-6-14-11-16(19-3)9-8-13(14)10-15/h6-12,17-18H,4-5H2,1-3H3. The first-order valence-corrected chi connectivity index (χ1v) is 6.91. The first-order chi connectivity index (χ1) is 9.15. The summed E-state index contributed by atoms with van der Waals surface area (Å²) in [5.41, 5.74) is 0.999. The van der Waals surface area contributed by atoms with E-state index in [1.165, 1.54) is 0 Å². The normalized spacial score (nSPS) is 14.3. The Bertz CT molecular complexity index is 548. The molecule has 2 nitrogen and oxygen atoms in total. The number of benzene rings is 2. The number of aliphatic hydroxyl groups is 1. The van der Waals surface area contributed by atoms with Crippen LogP contribution in [-0.4, -0.2) is 12.2 Å². The Morgan fingerprint density at radius 1 is 1.11 bits per heavy atom. The van der Waals surface area contributed by atoms with E-state index < -0.39 is 0 Å². The van der Waals surface area contributed by atoms with Crippen LogP contribution in [0.15, 0.2) is 36.4 Å². The fourth-order valence-corrected chi connectivity index (χ4v) is 2.49. The van der Waals surface area contributed by atoms with Gasteiger partial charge in [0.1, 0.15) is 5.75 Å². The summed E-state index contributed by atoms with van der Waals surface area (Å²) in [6.07, 6.45) is 1.76. The third-order valence-electron chi connectivity index (χ3n) is 3.70. The van der Waals surface area contributed by atoms with E-state index in [9.17, 15) is 5.11 Å².